The minimum absolute atomic E-state index is 0.0871. The lowest BCUT2D eigenvalue weighted by atomic mass is 10.1. The summed E-state index contributed by atoms with van der Waals surface area (Å²) in [6.07, 6.45) is 0. The molecule has 0 aliphatic carbocycles. The number of amides is 2. The fourth-order valence-corrected chi connectivity index (χ4v) is 2.99. The first kappa shape index (κ1) is 21.8. The Morgan fingerprint density at radius 3 is 2.52 bits per heavy atom. The molecule has 0 spiro atoms. The van der Waals surface area contributed by atoms with Crippen molar-refractivity contribution in [1.82, 2.24) is 15.5 Å². The molecular weight excluding hydrogens is 420 g/mol. The normalized spacial score (nSPS) is 10.5. The molecule has 0 fully saturated rings. The van der Waals surface area contributed by atoms with Crippen molar-refractivity contribution in [3.8, 4) is 17.2 Å². The molecule has 8 nitrogen and oxygen atoms in total. The molecule has 0 saturated carbocycles. The van der Waals surface area contributed by atoms with Crippen LogP contribution in [0.25, 0.3) is 11.5 Å². The molecule has 1 heterocycles. The van der Waals surface area contributed by atoms with Gasteiger partial charge in [-0.1, -0.05) is 42.0 Å². The van der Waals surface area contributed by atoms with Gasteiger partial charge < -0.3 is 19.8 Å². The van der Waals surface area contributed by atoms with Crippen molar-refractivity contribution in [3.63, 3.8) is 0 Å². The summed E-state index contributed by atoms with van der Waals surface area (Å²) in [7, 11) is 0. The summed E-state index contributed by atoms with van der Waals surface area (Å²) in [6.45, 7) is 1.88. The number of nitrogens with one attached hydrogen (secondary N) is 2. The van der Waals surface area contributed by atoms with E-state index in [-0.39, 0.29) is 25.0 Å². The fourth-order valence-electron chi connectivity index (χ4n) is 2.99. The van der Waals surface area contributed by atoms with E-state index in [1.54, 1.807) is 36.4 Å². The van der Waals surface area contributed by atoms with Gasteiger partial charge in [-0.15, -0.1) is 10.2 Å². The molecule has 4 rings (SSSR count). The molecule has 33 heavy (non-hydrogen) atoms. The van der Waals surface area contributed by atoms with E-state index >= 15 is 0 Å². The van der Waals surface area contributed by atoms with Gasteiger partial charge in [0, 0.05) is 22.9 Å². The van der Waals surface area contributed by atoms with E-state index in [4.69, 9.17) is 9.15 Å². The zero-order valence-electron chi connectivity index (χ0n) is 17.9. The minimum Gasteiger partial charge on any atom is -0.484 e. The molecule has 0 unspecified atom stereocenters. The lowest BCUT2D eigenvalue weighted by Crippen LogP contribution is -2.32. The Bertz CT molecular complexity index is 1240. The van der Waals surface area contributed by atoms with Crippen LogP contribution in [0.2, 0.25) is 0 Å². The van der Waals surface area contributed by atoms with Crippen molar-refractivity contribution in [3.05, 3.63) is 95.9 Å². The van der Waals surface area contributed by atoms with Crippen LogP contribution in [0.4, 0.5) is 5.69 Å². The van der Waals surface area contributed by atoms with Crippen LogP contribution in [0.5, 0.6) is 5.75 Å². The second kappa shape index (κ2) is 10.2. The van der Waals surface area contributed by atoms with E-state index in [2.05, 4.69) is 20.8 Å². The summed E-state index contributed by atoms with van der Waals surface area (Å²) >= 11 is 0. The van der Waals surface area contributed by atoms with Gasteiger partial charge in [0.1, 0.15) is 5.75 Å². The maximum atomic E-state index is 12.2. The number of carbonyl (C=O) groups is 2. The quantitative estimate of drug-likeness (QED) is 0.427. The highest BCUT2D eigenvalue weighted by Gasteiger charge is 2.10. The molecule has 166 valence electrons. The molecule has 0 aliphatic heterocycles. The zero-order valence-corrected chi connectivity index (χ0v) is 17.9. The van der Waals surface area contributed by atoms with Crippen LogP contribution in [0, 0.1) is 6.92 Å². The van der Waals surface area contributed by atoms with Crippen molar-refractivity contribution in [1.29, 1.82) is 0 Å². The number of aryl methyl sites for hydroxylation is 1. The Morgan fingerprint density at radius 2 is 1.73 bits per heavy atom. The Morgan fingerprint density at radius 1 is 0.939 bits per heavy atom. The van der Waals surface area contributed by atoms with Crippen molar-refractivity contribution in [2.24, 2.45) is 0 Å². The first-order chi connectivity index (χ1) is 16.1. The van der Waals surface area contributed by atoms with E-state index in [9.17, 15) is 9.59 Å². The number of anilines is 1. The highest BCUT2D eigenvalue weighted by molar-refractivity contribution is 5.99. The van der Waals surface area contributed by atoms with Gasteiger partial charge in [-0.05, 0) is 43.3 Å². The third-order valence-electron chi connectivity index (χ3n) is 4.69. The molecular formula is C25H22N4O4. The Labute approximate surface area is 190 Å². The first-order valence-electron chi connectivity index (χ1n) is 10.3. The van der Waals surface area contributed by atoms with Gasteiger partial charge in [0.05, 0.1) is 6.54 Å². The predicted molar refractivity (Wildman–Crippen MR) is 123 cm³/mol. The Balaban J connectivity index is 1.28. The first-order valence-corrected chi connectivity index (χ1v) is 10.3. The van der Waals surface area contributed by atoms with Crippen LogP contribution >= 0.6 is 0 Å². The molecule has 0 bridgehead atoms. The van der Waals surface area contributed by atoms with Gasteiger partial charge in [-0.2, -0.15) is 0 Å². The van der Waals surface area contributed by atoms with Crippen molar-refractivity contribution in [2.75, 3.05) is 11.9 Å². The summed E-state index contributed by atoms with van der Waals surface area (Å²) in [5.41, 5.74) is 2.93. The van der Waals surface area contributed by atoms with E-state index in [0.717, 1.165) is 11.1 Å². The summed E-state index contributed by atoms with van der Waals surface area (Å²) < 4.78 is 11.3. The average molecular weight is 442 g/mol. The smallest absolute Gasteiger partial charge is 0.254 e. The molecule has 0 atom stereocenters. The fraction of sp³-hybridized carbons (Fsp3) is 0.120. The second-order valence-electron chi connectivity index (χ2n) is 7.28. The maximum Gasteiger partial charge on any atom is 0.254 e. The zero-order chi connectivity index (χ0) is 23.0. The monoisotopic (exact) mass is 442 g/mol. The SMILES string of the molecule is Cc1ccc(C(=O)NCC(=O)Nc2cccc(OCc3nnc(-c4ccccc4)o3)c2)cc1. The second-order valence-corrected chi connectivity index (χ2v) is 7.28. The highest BCUT2D eigenvalue weighted by Crippen LogP contribution is 2.20. The number of benzene rings is 3. The largest absolute Gasteiger partial charge is 0.484 e. The highest BCUT2D eigenvalue weighted by atomic mass is 16.5. The maximum absolute atomic E-state index is 12.2. The van der Waals surface area contributed by atoms with Crippen molar-refractivity contribution in [2.45, 2.75) is 13.5 Å². The lowest BCUT2D eigenvalue weighted by Gasteiger charge is -2.09. The molecule has 2 N–H and O–H groups in total. The Kier molecular flexibility index (Phi) is 6.75. The van der Waals surface area contributed by atoms with Crippen molar-refractivity contribution < 1.29 is 18.7 Å². The summed E-state index contributed by atoms with van der Waals surface area (Å²) in [4.78, 5) is 24.4. The molecule has 0 aliphatic rings. The van der Waals surface area contributed by atoms with Gasteiger partial charge in [0.15, 0.2) is 6.61 Å². The molecule has 8 heteroatoms. The van der Waals surface area contributed by atoms with E-state index in [0.29, 0.717) is 28.8 Å². The third-order valence-corrected chi connectivity index (χ3v) is 4.69. The molecule has 1 aromatic heterocycles. The van der Waals surface area contributed by atoms with Crippen LogP contribution in [-0.4, -0.2) is 28.6 Å². The van der Waals surface area contributed by atoms with Gasteiger partial charge >= 0.3 is 0 Å². The van der Waals surface area contributed by atoms with Gasteiger partial charge in [-0.3, -0.25) is 9.59 Å². The number of nitrogens with zero attached hydrogens (tertiary/aromatic N) is 2. The van der Waals surface area contributed by atoms with Crippen LogP contribution in [-0.2, 0) is 11.4 Å². The summed E-state index contributed by atoms with van der Waals surface area (Å²) in [5.74, 6) is 0.620. The van der Waals surface area contributed by atoms with Crippen LogP contribution in [0.1, 0.15) is 21.8 Å². The molecule has 0 radical (unpaired) electrons. The minimum atomic E-state index is -0.350. The summed E-state index contributed by atoms with van der Waals surface area (Å²) in [5, 5.41) is 13.4. The number of hydrogen-bond donors (Lipinski definition) is 2. The molecule has 4 aromatic rings. The standard InChI is InChI=1S/C25H22N4O4/c1-17-10-12-18(13-11-17)24(31)26-15-22(30)27-20-8-5-9-21(14-20)32-16-23-28-29-25(33-23)19-6-3-2-4-7-19/h2-14H,15-16H2,1H3,(H,26,31)(H,27,30). The number of ether oxygens (including phenoxy) is 1. The lowest BCUT2D eigenvalue weighted by molar-refractivity contribution is -0.115. The topological polar surface area (TPSA) is 106 Å². The number of carbonyl (C=O) groups excluding carboxylic acids is 2. The number of rotatable bonds is 8. The molecule has 3 aromatic carbocycles. The predicted octanol–water partition coefficient (Wildman–Crippen LogP) is 3.99. The molecule has 2 amide bonds. The van der Waals surface area contributed by atoms with Crippen LogP contribution < -0.4 is 15.4 Å². The van der Waals surface area contributed by atoms with Crippen LogP contribution in [0.15, 0.2) is 83.3 Å². The third kappa shape index (κ3) is 6.04. The van der Waals surface area contributed by atoms with Gasteiger partial charge in [-0.25, -0.2) is 0 Å². The Hall–Kier alpha value is -4.46. The van der Waals surface area contributed by atoms with Crippen molar-refractivity contribution >= 4 is 17.5 Å². The summed E-state index contributed by atoms with van der Waals surface area (Å²) in [6, 6.07) is 23.5. The average Bonchev–Trinajstić information content (AvgIpc) is 3.32. The van der Waals surface area contributed by atoms with Gasteiger partial charge in [0.25, 0.3) is 11.8 Å². The number of hydrogen-bond acceptors (Lipinski definition) is 6. The van der Waals surface area contributed by atoms with E-state index in [1.165, 1.54) is 0 Å². The van der Waals surface area contributed by atoms with Gasteiger partial charge in [0.2, 0.25) is 11.8 Å². The number of aromatic nitrogens is 2. The molecule has 0 saturated heterocycles. The van der Waals surface area contributed by atoms with E-state index < -0.39 is 0 Å². The van der Waals surface area contributed by atoms with E-state index in [1.807, 2.05) is 49.4 Å². The van der Waals surface area contributed by atoms with Crippen LogP contribution in [0.3, 0.4) is 0 Å².